The van der Waals surface area contributed by atoms with Crippen molar-refractivity contribution in [3.05, 3.63) is 39.4 Å². The van der Waals surface area contributed by atoms with Crippen LogP contribution in [0.15, 0.2) is 17.5 Å². The van der Waals surface area contributed by atoms with Gasteiger partial charge in [-0.1, -0.05) is 38.7 Å². The average Bonchev–Trinajstić information content (AvgIpc) is 2.13. The molecule has 0 fully saturated rings. The van der Waals surface area contributed by atoms with Gasteiger partial charge >= 0.3 is 0 Å². The number of aromatic amines is 2. The molecule has 2 aromatic rings. The minimum atomic E-state index is -0.305. The maximum absolute atomic E-state index is 5.99. The number of nitrogen functional groups attached to an aromatic ring is 1. The number of rotatable bonds is 1. The van der Waals surface area contributed by atoms with Gasteiger partial charge < -0.3 is 5.84 Å². The Bertz CT molecular complexity index is 542. The van der Waals surface area contributed by atoms with Crippen LogP contribution in [0.2, 0.25) is 5.15 Å². The highest BCUT2D eigenvalue weighted by molar-refractivity contribution is 7.33. The highest BCUT2D eigenvalue weighted by atomic mass is 35.5. The third-order valence-electron chi connectivity index (χ3n) is 2.47. The van der Waals surface area contributed by atoms with Crippen LogP contribution in [-0.2, 0) is 0 Å². The minimum Gasteiger partial charge on any atom is -0.306 e. The summed E-state index contributed by atoms with van der Waals surface area (Å²) in [4.78, 5) is 2.54. The Kier molecular flexibility index (Phi) is 3.22. The second kappa shape index (κ2) is 4.50. The summed E-state index contributed by atoms with van der Waals surface area (Å²) in [5.41, 5.74) is 3.76. The van der Waals surface area contributed by atoms with E-state index in [-0.39, 0.29) is 10.7 Å². The van der Waals surface area contributed by atoms with Gasteiger partial charge in [0.15, 0.2) is 5.15 Å². The third-order valence-corrected chi connectivity index (χ3v) is 4.74. The van der Waals surface area contributed by atoms with E-state index in [4.69, 9.17) is 17.4 Å². The van der Waals surface area contributed by atoms with E-state index in [2.05, 4.69) is 42.5 Å². The second-order valence-corrected chi connectivity index (χ2v) is 6.01. The molecule has 2 rings (SSSR count). The van der Waals surface area contributed by atoms with E-state index in [1.165, 1.54) is 26.5 Å². The lowest BCUT2D eigenvalue weighted by Crippen LogP contribution is -2.16. The topological polar surface area (TPSA) is 62.5 Å². The summed E-state index contributed by atoms with van der Waals surface area (Å²) < 4.78 is 3.13. The van der Waals surface area contributed by atoms with Crippen molar-refractivity contribution in [3.8, 4) is 4.90 Å². The number of halogens is 1. The average molecular weight is 272 g/mol. The van der Waals surface area contributed by atoms with Crippen molar-refractivity contribution >= 4 is 22.3 Å². The summed E-state index contributed by atoms with van der Waals surface area (Å²) in [6.07, 6.45) is 0. The zero-order valence-electron chi connectivity index (χ0n) is 10.0. The van der Waals surface area contributed by atoms with Crippen LogP contribution in [0.1, 0.15) is 16.7 Å². The number of hydrogen-bond donors (Lipinski definition) is 3. The number of hydrogen-bond acceptors (Lipinski definition) is 1. The summed E-state index contributed by atoms with van der Waals surface area (Å²) >= 11 is 5.99. The maximum atomic E-state index is 5.99. The predicted octanol–water partition coefficient (Wildman–Crippen LogP) is 3.30. The molecule has 92 valence electrons. The van der Waals surface area contributed by atoms with Gasteiger partial charge in [0, 0.05) is 11.1 Å². The van der Waals surface area contributed by atoms with Crippen molar-refractivity contribution < 1.29 is 0 Å². The van der Waals surface area contributed by atoms with Gasteiger partial charge in [-0.25, -0.2) is 5.10 Å². The lowest BCUT2D eigenvalue weighted by Gasteiger charge is -2.05. The Hall–Kier alpha value is -1.33. The molecule has 0 bridgehead atoms. The molecule has 6 heteroatoms. The van der Waals surface area contributed by atoms with E-state index in [0.717, 1.165) is 0 Å². The second-order valence-electron chi connectivity index (χ2n) is 4.10. The fourth-order valence-corrected chi connectivity index (χ4v) is 3.97. The number of H-pyrrole nitrogens is 2. The molecule has 1 aromatic carbocycles. The maximum Gasteiger partial charge on any atom is 0.208 e. The van der Waals surface area contributed by atoms with Crippen molar-refractivity contribution in [1.29, 1.82) is 0 Å². The van der Waals surface area contributed by atoms with Gasteiger partial charge in [-0.05, 0) is 20.8 Å². The van der Waals surface area contributed by atoms with Gasteiger partial charge in [0.05, 0.1) is 0 Å². The molecule has 1 heterocycles. The summed E-state index contributed by atoms with van der Waals surface area (Å²) in [5.74, 6) is 5.68. The number of nitrogens with one attached hydrogen (secondary N) is 2. The van der Waals surface area contributed by atoms with Crippen molar-refractivity contribution in [1.82, 2.24) is 14.5 Å². The Morgan fingerprint density at radius 1 is 1.24 bits per heavy atom. The SMILES string of the molecule is Cc1cc(C)c(-[s+]2cc(Cl)[nH]n(N)[nH]2)c(C)c1. The highest BCUT2D eigenvalue weighted by Crippen LogP contribution is 2.34. The molecule has 0 amide bonds. The molecule has 0 radical (unpaired) electrons. The Labute approximate surface area is 108 Å². The minimum absolute atomic E-state index is 0.305. The van der Waals surface area contributed by atoms with Crippen LogP contribution in [0.5, 0.6) is 0 Å². The van der Waals surface area contributed by atoms with E-state index < -0.39 is 0 Å². The van der Waals surface area contributed by atoms with Crippen LogP contribution in [0.4, 0.5) is 0 Å². The first-order valence-electron chi connectivity index (χ1n) is 5.23. The van der Waals surface area contributed by atoms with Crippen LogP contribution < -0.4 is 5.84 Å². The zero-order valence-corrected chi connectivity index (χ0v) is 11.6. The van der Waals surface area contributed by atoms with E-state index in [1.807, 2.05) is 5.38 Å². The molecule has 4 nitrogen and oxygen atoms in total. The largest absolute Gasteiger partial charge is 0.306 e. The molecular weight excluding hydrogens is 256 g/mol. The van der Waals surface area contributed by atoms with Gasteiger partial charge in [0.2, 0.25) is 10.3 Å². The monoisotopic (exact) mass is 271 g/mol. The normalized spacial score (nSPS) is 11.6. The molecule has 0 saturated carbocycles. The van der Waals surface area contributed by atoms with Gasteiger partial charge in [-0.2, -0.15) is 0 Å². The lowest BCUT2D eigenvalue weighted by atomic mass is 10.1. The van der Waals surface area contributed by atoms with E-state index in [1.54, 1.807) is 0 Å². The van der Waals surface area contributed by atoms with Crippen molar-refractivity contribution in [2.24, 2.45) is 0 Å². The smallest absolute Gasteiger partial charge is 0.208 e. The third kappa shape index (κ3) is 2.50. The molecule has 0 spiro atoms. The molecule has 1 aromatic heterocycles. The number of nitrogens with zero attached hydrogens (tertiary/aromatic N) is 1. The number of benzene rings is 1. The van der Waals surface area contributed by atoms with Crippen LogP contribution in [-0.4, -0.2) is 14.5 Å². The first kappa shape index (κ1) is 12.1. The highest BCUT2D eigenvalue weighted by Gasteiger charge is 2.17. The summed E-state index contributed by atoms with van der Waals surface area (Å²) in [6, 6.07) is 4.34. The number of aromatic nitrogens is 3. The van der Waals surface area contributed by atoms with Crippen molar-refractivity contribution in [3.63, 3.8) is 0 Å². The Morgan fingerprint density at radius 2 is 1.82 bits per heavy atom. The first-order chi connectivity index (χ1) is 7.97. The molecule has 4 N–H and O–H groups in total. The number of nitrogens with two attached hydrogens (primary N) is 1. The number of aryl methyl sites for hydroxylation is 3. The summed E-state index contributed by atoms with van der Waals surface area (Å²) in [6.45, 7) is 6.31. The van der Waals surface area contributed by atoms with E-state index in [0.29, 0.717) is 5.15 Å². The molecule has 17 heavy (non-hydrogen) atoms. The van der Waals surface area contributed by atoms with Gasteiger partial charge in [-0.3, -0.25) is 0 Å². The van der Waals surface area contributed by atoms with Crippen LogP contribution in [0.3, 0.4) is 0 Å². The molecule has 0 aliphatic rings. The predicted molar refractivity (Wildman–Crippen MR) is 73.9 cm³/mol. The van der Waals surface area contributed by atoms with Crippen molar-refractivity contribution in [2.45, 2.75) is 20.8 Å². The van der Waals surface area contributed by atoms with Crippen molar-refractivity contribution in [2.75, 3.05) is 5.84 Å². The Morgan fingerprint density at radius 3 is 2.35 bits per heavy atom. The molecular formula is C11H16ClN4S+. The molecule has 0 saturated heterocycles. The molecule has 0 aliphatic heterocycles. The van der Waals surface area contributed by atoms with Crippen LogP contribution in [0, 0.1) is 20.8 Å². The lowest BCUT2D eigenvalue weighted by molar-refractivity contribution is 0.698. The van der Waals surface area contributed by atoms with Gasteiger partial charge in [0.1, 0.15) is 10.7 Å². The van der Waals surface area contributed by atoms with Crippen LogP contribution in [0.25, 0.3) is 4.90 Å². The van der Waals surface area contributed by atoms with Crippen LogP contribution >= 0.6 is 22.3 Å². The van der Waals surface area contributed by atoms with Gasteiger partial charge in [-0.15, -0.1) is 0 Å². The Balaban J connectivity index is 2.68. The fourth-order valence-electron chi connectivity index (χ4n) is 2.02. The molecule has 1 unspecified atom stereocenters. The quantitative estimate of drug-likeness (QED) is 0.541. The summed E-state index contributed by atoms with van der Waals surface area (Å²) in [7, 11) is -0.305. The molecule has 1 atom stereocenters. The molecule has 0 aliphatic carbocycles. The standard InChI is InChI=1S/C11H16ClN4S/c1-7-4-8(2)11(9(3)5-7)17-6-10(12)14-16(13)15-17/h4-6,14-15H,13H2,1-3H3/q+1. The van der Waals surface area contributed by atoms with E-state index >= 15 is 0 Å². The zero-order chi connectivity index (χ0) is 12.6. The fraction of sp³-hybridized carbons (Fsp3) is 0.273. The first-order valence-corrected chi connectivity index (χ1v) is 6.90. The van der Waals surface area contributed by atoms with E-state index in [9.17, 15) is 0 Å². The summed E-state index contributed by atoms with van der Waals surface area (Å²) in [5, 5.41) is 5.24. The van der Waals surface area contributed by atoms with Gasteiger partial charge in [0.25, 0.3) is 0 Å².